The number of hydrogen-bond donors (Lipinski definition) is 0. The number of rotatable bonds is 6. The molecule has 1 unspecified atom stereocenters. The first-order valence-electron chi connectivity index (χ1n) is 6.07. The molecule has 1 aromatic carbocycles. The maximum Gasteiger partial charge on any atom is 0.379 e. The van der Waals surface area contributed by atoms with Crippen molar-refractivity contribution in [1.29, 1.82) is 0 Å². The van der Waals surface area contributed by atoms with Gasteiger partial charge in [-0.1, -0.05) is 0 Å². The normalized spacial score (nSPS) is 11.7. The SMILES string of the molecule is CCOC(=O)C(=O)c1cc(C(C)F)cc(OC)c1OC. The predicted molar refractivity (Wildman–Crippen MR) is 70.0 cm³/mol. The Bertz CT molecular complexity index is 511. The molecule has 1 rings (SSSR count). The number of carbonyl (C=O) groups excluding carboxylic acids is 2. The maximum atomic E-state index is 13.5. The molecule has 0 radical (unpaired) electrons. The highest BCUT2D eigenvalue weighted by molar-refractivity contribution is 6.41. The number of Topliss-reactive ketones (excluding diaryl/α,β-unsaturated/α-hetero) is 1. The number of ether oxygens (including phenoxy) is 3. The van der Waals surface area contributed by atoms with Gasteiger partial charge < -0.3 is 14.2 Å². The zero-order valence-electron chi connectivity index (χ0n) is 11.9. The zero-order valence-corrected chi connectivity index (χ0v) is 11.9. The summed E-state index contributed by atoms with van der Waals surface area (Å²) >= 11 is 0. The second kappa shape index (κ2) is 6.88. The van der Waals surface area contributed by atoms with Gasteiger partial charge in [0.05, 0.1) is 26.4 Å². The van der Waals surface area contributed by atoms with Gasteiger partial charge in [0.25, 0.3) is 5.78 Å². The van der Waals surface area contributed by atoms with E-state index in [1.165, 1.54) is 33.3 Å². The Morgan fingerprint density at radius 1 is 1.25 bits per heavy atom. The summed E-state index contributed by atoms with van der Waals surface area (Å²) in [6, 6.07) is 2.69. The van der Waals surface area contributed by atoms with Crippen molar-refractivity contribution in [2.75, 3.05) is 20.8 Å². The van der Waals surface area contributed by atoms with E-state index in [1.807, 2.05) is 0 Å². The lowest BCUT2D eigenvalue weighted by Crippen LogP contribution is -2.19. The Morgan fingerprint density at radius 3 is 2.35 bits per heavy atom. The zero-order chi connectivity index (χ0) is 15.3. The average molecular weight is 284 g/mol. The number of methoxy groups -OCH3 is 2. The molecule has 110 valence electrons. The van der Waals surface area contributed by atoms with Crippen LogP contribution in [0.2, 0.25) is 0 Å². The van der Waals surface area contributed by atoms with Crippen LogP contribution in [0, 0.1) is 0 Å². The smallest absolute Gasteiger partial charge is 0.379 e. The summed E-state index contributed by atoms with van der Waals surface area (Å²) in [7, 11) is 2.70. The van der Waals surface area contributed by atoms with Crippen molar-refractivity contribution < 1.29 is 28.2 Å². The minimum atomic E-state index is -1.32. The van der Waals surface area contributed by atoms with Gasteiger partial charge in [-0.05, 0) is 31.5 Å². The second-order valence-electron chi connectivity index (χ2n) is 3.97. The van der Waals surface area contributed by atoms with E-state index in [9.17, 15) is 14.0 Å². The average Bonchev–Trinajstić information content (AvgIpc) is 2.44. The van der Waals surface area contributed by atoms with Crippen molar-refractivity contribution in [3.63, 3.8) is 0 Å². The number of ketones is 1. The van der Waals surface area contributed by atoms with Crippen LogP contribution < -0.4 is 9.47 Å². The van der Waals surface area contributed by atoms with Gasteiger partial charge in [-0.2, -0.15) is 0 Å². The van der Waals surface area contributed by atoms with Gasteiger partial charge in [-0.25, -0.2) is 9.18 Å². The summed E-state index contributed by atoms with van der Waals surface area (Å²) in [5.74, 6) is -1.65. The molecule has 5 nitrogen and oxygen atoms in total. The summed E-state index contributed by atoms with van der Waals surface area (Å²) in [6.45, 7) is 2.98. The molecule has 1 atom stereocenters. The molecular weight excluding hydrogens is 267 g/mol. The quantitative estimate of drug-likeness (QED) is 0.456. The summed E-state index contributed by atoms with van der Waals surface area (Å²) < 4.78 is 28.2. The molecule has 0 saturated heterocycles. The van der Waals surface area contributed by atoms with Crippen molar-refractivity contribution in [2.45, 2.75) is 20.0 Å². The lowest BCUT2D eigenvalue weighted by molar-refractivity contribution is -0.137. The summed E-state index contributed by atoms with van der Waals surface area (Å²) in [5.41, 5.74) is 0.139. The van der Waals surface area contributed by atoms with Gasteiger partial charge in [0.1, 0.15) is 6.17 Å². The topological polar surface area (TPSA) is 61.8 Å². The van der Waals surface area contributed by atoms with Gasteiger partial charge in [-0.3, -0.25) is 4.79 Å². The predicted octanol–water partition coefficient (Wildman–Crippen LogP) is 2.48. The van der Waals surface area contributed by atoms with E-state index in [0.29, 0.717) is 0 Å². The number of esters is 1. The Labute approximate surface area is 116 Å². The minimum absolute atomic E-state index is 0.0726. The van der Waals surface area contributed by atoms with Crippen LogP contribution in [0.5, 0.6) is 11.5 Å². The molecule has 0 heterocycles. The molecule has 0 aromatic heterocycles. The van der Waals surface area contributed by atoms with E-state index in [2.05, 4.69) is 4.74 Å². The Balaban J connectivity index is 3.38. The molecule has 0 saturated carbocycles. The van der Waals surface area contributed by atoms with Gasteiger partial charge >= 0.3 is 5.97 Å². The molecule has 0 aliphatic carbocycles. The molecule has 20 heavy (non-hydrogen) atoms. The van der Waals surface area contributed by atoms with Gasteiger partial charge in [0.2, 0.25) is 0 Å². The van der Waals surface area contributed by atoms with E-state index < -0.39 is 17.9 Å². The third-order valence-electron chi connectivity index (χ3n) is 2.67. The third kappa shape index (κ3) is 3.26. The first kappa shape index (κ1) is 15.9. The van der Waals surface area contributed by atoms with Crippen molar-refractivity contribution in [3.05, 3.63) is 23.3 Å². The van der Waals surface area contributed by atoms with E-state index in [-0.39, 0.29) is 29.2 Å². The van der Waals surface area contributed by atoms with Crippen LogP contribution in [0.4, 0.5) is 4.39 Å². The number of halogens is 1. The molecule has 6 heteroatoms. The largest absolute Gasteiger partial charge is 0.493 e. The van der Waals surface area contributed by atoms with Crippen LogP contribution in [0.1, 0.15) is 35.9 Å². The van der Waals surface area contributed by atoms with Crippen LogP contribution >= 0.6 is 0 Å². The van der Waals surface area contributed by atoms with Crippen molar-refractivity contribution in [2.24, 2.45) is 0 Å². The fraction of sp³-hybridized carbons (Fsp3) is 0.429. The second-order valence-corrected chi connectivity index (χ2v) is 3.97. The van der Waals surface area contributed by atoms with E-state index in [0.717, 1.165) is 0 Å². The van der Waals surface area contributed by atoms with Crippen LogP contribution in [-0.2, 0) is 9.53 Å². The molecule has 0 bridgehead atoms. The molecule has 1 aromatic rings. The number of alkyl halides is 1. The number of carbonyl (C=O) groups is 2. The lowest BCUT2D eigenvalue weighted by atomic mass is 10.0. The molecular formula is C14H17FO5. The van der Waals surface area contributed by atoms with Crippen molar-refractivity contribution in [3.8, 4) is 11.5 Å². The Morgan fingerprint density at radius 2 is 1.90 bits per heavy atom. The molecule has 0 amide bonds. The highest BCUT2D eigenvalue weighted by Crippen LogP contribution is 2.35. The van der Waals surface area contributed by atoms with Crippen molar-refractivity contribution in [1.82, 2.24) is 0 Å². The maximum absolute atomic E-state index is 13.5. The summed E-state index contributed by atoms with van der Waals surface area (Å²) in [6.07, 6.45) is -1.32. The number of hydrogen-bond acceptors (Lipinski definition) is 5. The van der Waals surface area contributed by atoms with Crippen molar-refractivity contribution >= 4 is 11.8 Å². The minimum Gasteiger partial charge on any atom is -0.493 e. The molecule has 0 spiro atoms. The van der Waals surface area contributed by atoms with Crippen LogP contribution in [0.15, 0.2) is 12.1 Å². The standard InChI is InChI=1S/C14H17FO5/c1-5-20-14(17)12(16)10-6-9(8(2)15)7-11(18-3)13(10)19-4/h6-8H,5H2,1-4H3. The highest BCUT2D eigenvalue weighted by Gasteiger charge is 2.26. The van der Waals surface area contributed by atoms with E-state index in [4.69, 9.17) is 9.47 Å². The Kier molecular flexibility index (Phi) is 5.49. The fourth-order valence-electron chi connectivity index (χ4n) is 1.69. The van der Waals surface area contributed by atoms with Crippen LogP contribution in [-0.4, -0.2) is 32.6 Å². The molecule has 0 aliphatic rings. The lowest BCUT2D eigenvalue weighted by Gasteiger charge is -2.14. The number of benzene rings is 1. The van der Waals surface area contributed by atoms with E-state index >= 15 is 0 Å². The van der Waals surface area contributed by atoms with Gasteiger partial charge in [0, 0.05) is 0 Å². The summed E-state index contributed by atoms with van der Waals surface area (Å²) in [4.78, 5) is 23.6. The monoisotopic (exact) mass is 284 g/mol. The molecule has 0 aliphatic heterocycles. The third-order valence-corrected chi connectivity index (χ3v) is 2.67. The molecule has 0 N–H and O–H groups in total. The first-order chi connectivity index (χ1) is 9.46. The van der Waals surface area contributed by atoms with Crippen LogP contribution in [0.25, 0.3) is 0 Å². The Hall–Kier alpha value is -2.11. The van der Waals surface area contributed by atoms with E-state index in [1.54, 1.807) is 6.92 Å². The summed E-state index contributed by atoms with van der Waals surface area (Å²) in [5, 5.41) is 0. The fourth-order valence-corrected chi connectivity index (χ4v) is 1.69. The first-order valence-corrected chi connectivity index (χ1v) is 6.07. The van der Waals surface area contributed by atoms with Gasteiger partial charge in [0.15, 0.2) is 11.5 Å². The highest BCUT2D eigenvalue weighted by atomic mass is 19.1. The molecule has 0 fully saturated rings. The van der Waals surface area contributed by atoms with Gasteiger partial charge in [-0.15, -0.1) is 0 Å². The van der Waals surface area contributed by atoms with Crippen LogP contribution in [0.3, 0.4) is 0 Å².